The van der Waals surface area contributed by atoms with E-state index in [9.17, 15) is 4.79 Å². The van der Waals surface area contributed by atoms with Crippen LogP contribution < -0.4 is 15.4 Å². The highest BCUT2D eigenvalue weighted by atomic mass is 35.5. The van der Waals surface area contributed by atoms with E-state index in [2.05, 4.69) is 29.5 Å². The van der Waals surface area contributed by atoms with Crippen LogP contribution in [0.3, 0.4) is 0 Å². The summed E-state index contributed by atoms with van der Waals surface area (Å²) in [6.07, 6.45) is 2.75. The Labute approximate surface area is 153 Å². The van der Waals surface area contributed by atoms with Crippen molar-refractivity contribution in [3.05, 3.63) is 46.7 Å². The summed E-state index contributed by atoms with van der Waals surface area (Å²) < 4.78 is 5.27. The molecule has 0 aliphatic rings. The van der Waals surface area contributed by atoms with E-state index >= 15 is 0 Å². The van der Waals surface area contributed by atoms with E-state index in [0.717, 1.165) is 24.2 Å². The molecule has 134 valence electrons. The number of methoxy groups -OCH3 is 1. The molecule has 1 heterocycles. The van der Waals surface area contributed by atoms with Crippen molar-refractivity contribution in [3.8, 4) is 5.75 Å². The highest BCUT2D eigenvalue weighted by Crippen LogP contribution is 2.31. The predicted molar refractivity (Wildman–Crippen MR) is 103 cm³/mol. The second-order valence-corrected chi connectivity index (χ2v) is 6.70. The Morgan fingerprint density at radius 2 is 2.08 bits per heavy atom. The van der Waals surface area contributed by atoms with Crippen LogP contribution in [0.2, 0.25) is 5.02 Å². The van der Waals surface area contributed by atoms with Crippen molar-refractivity contribution >= 4 is 28.9 Å². The summed E-state index contributed by atoms with van der Waals surface area (Å²) >= 11 is 6.08. The molecule has 1 amide bonds. The van der Waals surface area contributed by atoms with Gasteiger partial charge < -0.3 is 15.4 Å². The molecule has 0 spiro atoms. The molecular formula is C19H24ClN3O2. The molecule has 2 N–H and O–H groups in total. The maximum absolute atomic E-state index is 12.4. The highest BCUT2D eigenvalue weighted by molar-refractivity contribution is 6.31. The number of aromatic nitrogens is 1. The number of aryl methyl sites for hydroxylation is 1. The third-order valence-corrected chi connectivity index (χ3v) is 4.18. The quantitative estimate of drug-likeness (QED) is 0.746. The fourth-order valence-corrected chi connectivity index (χ4v) is 2.41. The van der Waals surface area contributed by atoms with Crippen molar-refractivity contribution in [3.63, 3.8) is 0 Å². The maximum atomic E-state index is 12.4. The number of hydrogen-bond acceptors (Lipinski definition) is 4. The van der Waals surface area contributed by atoms with Gasteiger partial charge in [-0.3, -0.25) is 4.79 Å². The second-order valence-electron chi connectivity index (χ2n) is 6.30. The van der Waals surface area contributed by atoms with E-state index < -0.39 is 0 Å². The zero-order valence-corrected chi connectivity index (χ0v) is 15.8. The summed E-state index contributed by atoms with van der Waals surface area (Å²) in [6, 6.07) is 7.01. The molecule has 6 heteroatoms. The van der Waals surface area contributed by atoms with E-state index in [1.165, 1.54) is 7.11 Å². The Bertz CT molecular complexity index is 730. The fourth-order valence-electron chi connectivity index (χ4n) is 2.25. The minimum Gasteiger partial charge on any atom is -0.495 e. The van der Waals surface area contributed by atoms with Gasteiger partial charge in [0, 0.05) is 17.6 Å². The van der Waals surface area contributed by atoms with Gasteiger partial charge >= 0.3 is 0 Å². The third kappa shape index (κ3) is 5.36. The fraction of sp³-hybridized carbons (Fsp3) is 0.368. The van der Waals surface area contributed by atoms with Gasteiger partial charge in [-0.05, 0) is 43.0 Å². The molecule has 2 aromatic rings. The molecule has 0 aliphatic heterocycles. The molecule has 1 aromatic carbocycles. The molecule has 0 aliphatic carbocycles. The van der Waals surface area contributed by atoms with Crippen molar-refractivity contribution in [1.29, 1.82) is 0 Å². The smallest absolute Gasteiger partial charge is 0.274 e. The van der Waals surface area contributed by atoms with Crippen LogP contribution >= 0.6 is 11.6 Å². The molecule has 0 saturated carbocycles. The first-order valence-corrected chi connectivity index (χ1v) is 8.64. The minimum atomic E-state index is -0.297. The standard InChI is InChI=1S/C19H24ClN3O2/c1-12(2)7-8-21-14-5-6-16(22-11-14)19(24)23-17-9-13(3)15(20)10-18(17)25-4/h5-6,9-12,21H,7-8H2,1-4H3,(H,23,24). The van der Waals surface area contributed by atoms with Crippen LogP contribution in [-0.2, 0) is 0 Å². The third-order valence-electron chi connectivity index (χ3n) is 3.78. The van der Waals surface area contributed by atoms with Crippen LogP contribution in [0.25, 0.3) is 0 Å². The summed E-state index contributed by atoms with van der Waals surface area (Å²) in [7, 11) is 1.53. The van der Waals surface area contributed by atoms with Gasteiger partial charge in [-0.25, -0.2) is 4.98 Å². The number of halogens is 1. The van der Waals surface area contributed by atoms with E-state index in [-0.39, 0.29) is 5.91 Å². The summed E-state index contributed by atoms with van der Waals surface area (Å²) in [4.78, 5) is 16.6. The Morgan fingerprint density at radius 3 is 2.68 bits per heavy atom. The van der Waals surface area contributed by atoms with Crippen LogP contribution in [-0.4, -0.2) is 24.5 Å². The molecule has 0 saturated heterocycles. The molecule has 25 heavy (non-hydrogen) atoms. The van der Waals surface area contributed by atoms with Crippen LogP contribution in [0.5, 0.6) is 5.75 Å². The van der Waals surface area contributed by atoms with Crippen molar-refractivity contribution in [2.75, 3.05) is 24.3 Å². The number of benzene rings is 1. The Hall–Kier alpha value is -2.27. The van der Waals surface area contributed by atoms with Crippen LogP contribution in [0.15, 0.2) is 30.5 Å². The normalized spacial score (nSPS) is 10.6. The van der Waals surface area contributed by atoms with E-state index in [4.69, 9.17) is 16.3 Å². The lowest BCUT2D eigenvalue weighted by Crippen LogP contribution is -2.15. The van der Waals surface area contributed by atoms with Gasteiger partial charge in [0.1, 0.15) is 11.4 Å². The number of ether oxygens (including phenoxy) is 1. The number of amides is 1. The van der Waals surface area contributed by atoms with Crippen LogP contribution in [0, 0.1) is 12.8 Å². The number of pyridine rings is 1. The van der Waals surface area contributed by atoms with Crippen molar-refractivity contribution in [1.82, 2.24) is 4.98 Å². The molecule has 5 nitrogen and oxygen atoms in total. The Morgan fingerprint density at radius 1 is 1.32 bits per heavy atom. The largest absolute Gasteiger partial charge is 0.495 e. The summed E-state index contributed by atoms with van der Waals surface area (Å²) in [5.74, 6) is 0.855. The molecule has 2 rings (SSSR count). The topological polar surface area (TPSA) is 63.2 Å². The van der Waals surface area contributed by atoms with Gasteiger partial charge in [-0.15, -0.1) is 0 Å². The molecule has 0 unspecified atom stereocenters. The number of carbonyl (C=O) groups is 1. The lowest BCUT2D eigenvalue weighted by Gasteiger charge is -2.12. The highest BCUT2D eigenvalue weighted by Gasteiger charge is 2.13. The van der Waals surface area contributed by atoms with Gasteiger partial charge in [0.25, 0.3) is 5.91 Å². The Balaban J connectivity index is 2.05. The average molecular weight is 362 g/mol. The Kier molecular flexibility index (Phi) is 6.65. The van der Waals surface area contributed by atoms with Gasteiger partial charge in [0.15, 0.2) is 0 Å². The first-order chi connectivity index (χ1) is 11.9. The first-order valence-electron chi connectivity index (χ1n) is 8.26. The molecule has 1 aromatic heterocycles. The van der Waals surface area contributed by atoms with Crippen molar-refractivity contribution < 1.29 is 9.53 Å². The van der Waals surface area contributed by atoms with Gasteiger partial charge in [-0.1, -0.05) is 25.4 Å². The van der Waals surface area contributed by atoms with E-state index in [1.807, 2.05) is 13.0 Å². The second kappa shape index (κ2) is 8.72. The molecule has 0 fully saturated rings. The number of nitrogens with one attached hydrogen (secondary N) is 2. The summed E-state index contributed by atoms with van der Waals surface area (Å²) in [5.41, 5.74) is 2.66. The number of rotatable bonds is 7. The number of carbonyl (C=O) groups excluding carboxylic acids is 1. The zero-order chi connectivity index (χ0) is 18.4. The minimum absolute atomic E-state index is 0.297. The van der Waals surface area contributed by atoms with E-state index in [1.54, 1.807) is 24.4 Å². The number of anilines is 2. The van der Waals surface area contributed by atoms with Gasteiger partial charge in [0.05, 0.1) is 24.7 Å². The lowest BCUT2D eigenvalue weighted by atomic mass is 10.1. The van der Waals surface area contributed by atoms with Crippen LogP contribution in [0.1, 0.15) is 36.3 Å². The summed E-state index contributed by atoms with van der Waals surface area (Å²) in [5, 5.41) is 6.70. The maximum Gasteiger partial charge on any atom is 0.274 e. The number of hydrogen-bond donors (Lipinski definition) is 2. The molecule has 0 radical (unpaired) electrons. The zero-order valence-electron chi connectivity index (χ0n) is 15.0. The molecule has 0 bridgehead atoms. The molecular weight excluding hydrogens is 338 g/mol. The first kappa shape index (κ1) is 19.1. The monoisotopic (exact) mass is 361 g/mol. The molecule has 0 atom stereocenters. The van der Waals surface area contributed by atoms with Crippen molar-refractivity contribution in [2.24, 2.45) is 5.92 Å². The van der Waals surface area contributed by atoms with Crippen LogP contribution in [0.4, 0.5) is 11.4 Å². The van der Waals surface area contributed by atoms with Gasteiger partial charge in [0.2, 0.25) is 0 Å². The van der Waals surface area contributed by atoms with Gasteiger partial charge in [-0.2, -0.15) is 0 Å². The summed E-state index contributed by atoms with van der Waals surface area (Å²) in [6.45, 7) is 7.11. The lowest BCUT2D eigenvalue weighted by molar-refractivity contribution is 0.102. The predicted octanol–water partition coefficient (Wildman–Crippen LogP) is 4.76. The van der Waals surface area contributed by atoms with Crippen molar-refractivity contribution in [2.45, 2.75) is 27.2 Å². The SMILES string of the molecule is COc1cc(Cl)c(C)cc1NC(=O)c1ccc(NCCC(C)C)cn1. The number of nitrogens with zero attached hydrogens (tertiary/aromatic N) is 1. The van der Waals surface area contributed by atoms with E-state index in [0.29, 0.717) is 28.1 Å². The average Bonchev–Trinajstić information content (AvgIpc) is 2.58.